The van der Waals surface area contributed by atoms with Gasteiger partial charge in [-0.25, -0.2) is 23.4 Å². The normalized spacial score (nSPS) is 13.5. The van der Waals surface area contributed by atoms with Crippen molar-refractivity contribution in [2.24, 2.45) is 4.99 Å². The van der Waals surface area contributed by atoms with Crippen molar-refractivity contribution in [2.45, 2.75) is 58.3 Å². The Hall–Kier alpha value is -4.22. The number of methoxy groups -OCH3 is 1. The first kappa shape index (κ1) is 33.3. The van der Waals surface area contributed by atoms with Crippen LogP contribution in [0.15, 0.2) is 93.9 Å². The zero-order chi connectivity index (χ0) is 31.6. The van der Waals surface area contributed by atoms with Gasteiger partial charge in [0.05, 0.1) is 24.3 Å². The van der Waals surface area contributed by atoms with Crippen LogP contribution in [0.5, 0.6) is 11.5 Å². The summed E-state index contributed by atoms with van der Waals surface area (Å²) < 4.78 is 47.3. The van der Waals surface area contributed by atoms with Gasteiger partial charge in [-0.1, -0.05) is 52.0 Å². The highest BCUT2D eigenvalue weighted by molar-refractivity contribution is 7.89. The molecule has 0 unspecified atom stereocenters. The molecule has 2 aromatic carbocycles. The minimum absolute atomic E-state index is 0.0369. The van der Waals surface area contributed by atoms with E-state index in [2.05, 4.69) is 35.5 Å². The number of hydrogen-bond acceptors (Lipinski definition) is 9. The fraction of sp³-hybridized carbons (Fsp3) is 0.344. The lowest BCUT2D eigenvalue weighted by molar-refractivity contribution is 0.189. The van der Waals surface area contributed by atoms with E-state index in [0.717, 1.165) is 11.1 Å². The van der Waals surface area contributed by atoms with Gasteiger partial charge in [-0.05, 0) is 67.2 Å². The molecule has 0 fully saturated rings. The van der Waals surface area contributed by atoms with Crippen LogP contribution in [0.2, 0.25) is 0 Å². The molecular weight excluding hydrogens is 568 g/mol. The summed E-state index contributed by atoms with van der Waals surface area (Å²) in [5.74, 6) is 0.924. The van der Waals surface area contributed by atoms with E-state index in [4.69, 9.17) is 19.2 Å². The number of allylic oxidation sites excluding steroid dienone is 2. The first-order valence-corrected chi connectivity index (χ1v) is 15.3. The van der Waals surface area contributed by atoms with E-state index >= 15 is 0 Å². The number of aromatic nitrogens is 2. The molecule has 3 aromatic rings. The summed E-state index contributed by atoms with van der Waals surface area (Å²) in [5, 5.41) is 9.62. The number of hydrogen-bond donors (Lipinski definition) is 2. The van der Waals surface area contributed by atoms with Crippen LogP contribution in [-0.4, -0.2) is 49.7 Å². The molecule has 0 bridgehead atoms. The van der Waals surface area contributed by atoms with Crippen molar-refractivity contribution in [3.05, 3.63) is 95.4 Å². The van der Waals surface area contributed by atoms with Crippen molar-refractivity contribution in [2.75, 3.05) is 20.3 Å². The van der Waals surface area contributed by atoms with E-state index in [1.165, 1.54) is 7.11 Å². The number of aliphatic hydroxyl groups excluding tert-OH is 1. The molecule has 0 saturated carbocycles. The van der Waals surface area contributed by atoms with E-state index in [0.29, 0.717) is 29.4 Å². The Bertz CT molecular complexity index is 1580. The second kappa shape index (κ2) is 14.8. The molecule has 0 radical (unpaired) electrons. The maximum atomic E-state index is 13.5. The van der Waals surface area contributed by atoms with Crippen LogP contribution < -0.4 is 14.2 Å². The van der Waals surface area contributed by atoms with Gasteiger partial charge in [0, 0.05) is 12.4 Å². The first-order valence-electron chi connectivity index (χ1n) is 13.9. The van der Waals surface area contributed by atoms with Gasteiger partial charge >= 0.3 is 0 Å². The van der Waals surface area contributed by atoms with Gasteiger partial charge in [0.25, 0.3) is 15.9 Å². The average molecular weight is 609 g/mol. The monoisotopic (exact) mass is 608 g/mol. The molecule has 0 aliphatic carbocycles. The smallest absolute Gasteiger partial charge is 0.261 e. The van der Waals surface area contributed by atoms with Crippen LogP contribution in [0.4, 0.5) is 0 Å². The van der Waals surface area contributed by atoms with Crippen molar-refractivity contribution in [3.63, 3.8) is 0 Å². The zero-order valence-corrected chi connectivity index (χ0v) is 26.5. The summed E-state index contributed by atoms with van der Waals surface area (Å²) in [6.45, 7) is 11.1. The minimum atomic E-state index is -4.05. The van der Waals surface area contributed by atoms with E-state index in [9.17, 15) is 13.5 Å². The second-order valence-electron chi connectivity index (χ2n) is 10.6. The van der Waals surface area contributed by atoms with Crippen LogP contribution in [0.1, 0.15) is 59.4 Å². The first-order chi connectivity index (χ1) is 20.4. The molecule has 0 saturated heterocycles. The molecule has 0 aliphatic rings. The lowest BCUT2D eigenvalue weighted by Crippen LogP contribution is -2.27. The van der Waals surface area contributed by atoms with Crippen LogP contribution in [-0.2, 0) is 20.2 Å². The summed E-state index contributed by atoms with van der Waals surface area (Å²) >= 11 is 0. The Morgan fingerprint density at radius 3 is 2.16 bits per heavy atom. The molecule has 1 aromatic heterocycles. The lowest BCUT2D eigenvalue weighted by atomic mass is 9.87. The summed E-state index contributed by atoms with van der Waals surface area (Å²) in [7, 11) is -2.55. The number of benzene rings is 2. The third-order valence-corrected chi connectivity index (χ3v) is 7.86. The van der Waals surface area contributed by atoms with Gasteiger partial charge in [-0.3, -0.25) is 4.72 Å². The molecule has 0 aliphatic heterocycles. The summed E-state index contributed by atoms with van der Waals surface area (Å²) in [6, 6.07) is 15.3. The number of nitrogens with zero attached hydrogens (tertiary/aromatic N) is 3. The van der Waals surface area contributed by atoms with Gasteiger partial charge in [0.1, 0.15) is 12.3 Å². The largest absolute Gasteiger partial charge is 0.493 e. The molecule has 10 nitrogen and oxygen atoms in total. The third kappa shape index (κ3) is 8.89. The molecule has 0 spiro atoms. The predicted octanol–water partition coefficient (Wildman–Crippen LogP) is 5.62. The van der Waals surface area contributed by atoms with Crippen molar-refractivity contribution in [3.8, 4) is 11.5 Å². The topological polar surface area (TPSA) is 132 Å². The molecule has 3 rings (SSSR count). The van der Waals surface area contributed by atoms with Gasteiger partial charge in [-0.15, -0.1) is 0 Å². The third-order valence-electron chi connectivity index (χ3n) is 6.39. The van der Waals surface area contributed by atoms with Gasteiger partial charge in [0.15, 0.2) is 17.3 Å². The van der Waals surface area contributed by atoms with Crippen LogP contribution >= 0.6 is 0 Å². The van der Waals surface area contributed by atoms with Gasteiger partial charge in [0.2, 0.25) is 5.76 Å². The van der Waals surface area contributed by atoms with Crippen LogP contribution in [0, 0.1) is 0 Å². The van der Waals surface area contributed by atoms with E-state index < -0.39 is 10.0 Å². The number of aliphatic hydroxyl groups is 1. The molecule has 0 amide bonds. The molecule has 1 heterocycles. The SMILES string of the molecule is CC/C(C)=C(/N=C(OCCO)/C(Oc1ccccc1OC)=C(\C)NS(=O)(=O)c1ccc(C(C)(C)C)cc1)c1ncccn1. The van der Waals surface area contributed by atoms with Gasteiger partial charge < -0.3 is 19.3 Å². The Balaban J connectivity index is 2.22. The quantitative estimate of drug-likeness (QED) is 0.154. The lowest BCUT2D eigenvalue weighted by Gasteiger charge is -2.20. The molecule has 11 heteroatoms. The summed E-state index contributed by atoms with van der Waals surface area (Å²) in [4.78, 5) is 13.5. The van der Waals surface area contributed by atoms with E-state index in [-0.39, 0.29) is 40.9 Å². The Kier molecular flexibility index (Phi) is 11.4. The molecule has 43 heavy (non-hydrogen) atoms. The highest BCUT2D eigenvalue weighted by atomic mass is 32.2. The molecule has 0 atom stereocenters. The number of para-hydroxylation sites is 2. The fourth-order valence-corrected chi connectivity index (χ4v) is 4.96. The predicted molar refractivity (Wildman–Crippen MR) is 167 cm³/mol. The zero-order valence-electron chi connectivity index (χ0n) is 25.7. The van der Waals surface area contributed by atoms with Crippen LogP contribution in [0.25, 0.3) is 5.70 Å². The Morgan fingerprint density at radius 2 is 1.60 bits per heavy atom. The average Bonchev–Trinajstić information content (AvgIpc) is 3.00. The number of sulfonamides is 1. The van der Waals surface area contributed by atoms with E-state index in [1.54, 1.807) is 73.9 Å². The Labute approximate surface area is 254 Å². The fourth-order valence-electron chi connectivity index (χ4n) is 3.85. The Morgan fingerprint density at radius 1 is 0.977 bits per heavy atom. The van der Waals surface area contributed by atoms with E-state index in [1.807, 2.05) is 13.8 Å². The van der Waals surface area contributed by atoms with Crippen molar-refractivity contribution >= 4 is 21.6 Å². The number of ether oxygens (including phenoxy) is 3. The molecular formula is C32H40N4O6S. The highest BCUT2D eigenvalue weighted by Crippen LogP contribution is 2.30. The number of aliphatic imine (C=N–C) groups is 1. The maximum Gasteiger partial charge on any atom is 0.261 e. The number of nitrogens with one attached hydrogen (secondary N) is 1. The van der Waals surface area contributed by atoms with Crippen molar-refractivity contribution in [1.29, 1.82) is 0 Å². The molecule has 2 N–H and O–H groups in total. The number of rotatable bonds is 12. The van der Waals surface area contributed by atoms with Gasteiger partial charge in [-0.2, -0.15) is 0 Å². The standard InChI is InChI=1S/C32H40N4O6S/c1-8-22(2)28(30-33-18-11-19-34-30)35-31(41-21-20-37)29(42-27-13-10-9-12-26(27)40-7)23(3)36-43(38,39)25-16-14-24(15-17-25)32(4,5)6/h9-19,36-37H,8,20-21H2,1-7H3/b28-22+,29-23-,35-31-. The summed E-state index contributed by atoms with van der Waals surface area (Å²) in [5.41, 5.74) is 2.22. The maximum absolute atomic E-state index is 13.5. The minimum Gasteiger partial charge on any atom is -0.493 e. The van der Waals surface area contributed by atoms with Crippen molar-refractivity contribution < 1.29 is 27.7 Å². The van der Waals surface area contributed by atoms with Crippen LogP contribution in [0.3, 0.4) is 0 Å². The molecule has 230 valence electrons. The van der Waals surface area contributed by atoms with Crippen molar-refractivity contribution in [1.82, 2.24) is 14.7 Å². The summed E-state index contributed by atoms with van der Waals surface area (Å²) in [6.07, 6.45) is 3.83. The second-order valence-corrected chi connectivity index (χ2v) is 12.3. The highest BCUT2D eigenvalue weighted by Gasteiger charge is 2.24.